The van der Waals surface area contributed by atoms with Crippen LogP contribution in [0.3, 0.4) is 0 Å². The summed E-state index contributed by atoms with van der Waals surface area (Å²) in [5.74, 6) is -1.37. The highest BCUT2D eigenvalue weighted by Crippen LogP contribution is 2.19. The van der Waals surface area contributed by atoms with Crippen molar-refractivity contribution in [1.82, 2.24) is 10.2 Å². The molecule has 1 fully saturated rings. The minimum Gasteiger partial charge on any atom is -0.480 e. The highest BCUT2D eigenvalue weighted by Gasteiger charge is 2.36. The van der Waals surface area contributed by atoms with Crippen LogP contribution in [-0.4, -0.2) is 53.2 Å². The molecule has 7 heteroatoms. The Morgan fingerprint density at radius 2 is 2.14 bits per heavy atom. The Bertz CT molecular complexity index is 436. The van der Waals surface area contributed by atoms with E-state index in [2.05, 4.69) is 11.9 Å². The fraction of sp³-hybridized carbons (Fsp3) is 0.667. The molecule has 22 heavy (non-hydrogen) atoms. The first-order valence-electron chi connectivity index (χ1n) is 7.44. The summed E-state index contributed by atoms with van der Waals surface area (Å²) in [5.41, 5.74) is 0. The van der Waals surface area contributed by atoms with Crippen LogP contribution in [0.25, 0.3) is 0 Å². The number of carbonyl (C=O) groups is 3. The molecule has 1 saturated heterocycles. The molecule has 0 aliphatic carbocycles. The summed E-state index contributed by atoms with van der Waals surface area (Å²) in [6, 6.07) is -1.62. The van der Waals surface area contributed by atoms with Gasteiger partial charge in [-0.25, -0.2) is 9.59 Å². The van der Waals surface area contributed by atoms with Gasteiger partial charge in [0.25, 0.3) is 0 Å². The number of likely N-dealkylation sites (tertiary alicyclic amines) is 1. The van der Waals surface area contributed by atoms with Gasteiger partial charge in [-0.1, -0.05) is 26.5 Å². The first-order valence-corrected chi connectivity index (χ1v) is 7.44. The van der Waals surface area contributed by atoms with Crippen molar-refractivity contribution in [2.24, 2.45) is 5.92 Å². The summed E-state index contributed by atoms with van der Waals surface area (Å²) in [4.78, 5) is 36.7. The Hall–Kier alpha value is -2.05. The number of nitrogens with zero attached hydrogens (tertiary/aromatic N) is 1. The number of amides is 2. The van der Waals surface area contributed by atoms with E-state index in [1.165, 1.54) is 11.0 Å². The number of ether oxygens (including phenoxy) is 1. The van der Waals surface area contributed by atoms with Gasteiger partial charge >= 0.3 is 12.1 Å². The summed E-state index contributed by atoms with van der Waals surface area (Å²) >= 11 is 0. The Kier molecular flexibility index (Phi) is 6.88. The van der Waals surface area contributed by atoms with Crippen LogP contribution in [0.4, 0.5) is 4.79 Å². The van der Waals surface area contributed by atoms with E-state index in [0.717, 1.165) is 0 Å². The summed E-state index contributed by atoms with van der Waals surface area (Å²) in [7, 11) is 0. The van der Waals surface area contributed by atoms with Gasteiger partial charge in [-0.15, -0.1) is 0 Å². The molecule has 1 aliphatic rings. The van der Waals surface area contributed by atoms with Gasteiger partial charge in [0.2, 0.25) is 5.91 Å². The molecule has 2 atom stereocenters. The fourth-order valence-electron chi connectivity index (χ4n) is 2.43. The number of hydrogen-bond acceptors (Lipinski definition) is 4. The van der Waals surface area contributed by atoms with Crippen molar-refractivity contribution in [1.29, 1.82) is 0 Å². The molecule has 7 nitrogen and oxygen atoms in total. The lowest BCUT2D eigenvalue weighted by atomic mass is 10.0. The first-order chi connectivity index (χ1) is 10.4. The maximum Gasteiger partial charge on any atom is 0.410 e. The molecule has 2 amide bonds. The Balaban J connectivity index is 2.67. The van der Waals surface area contributed by atoms with Crippen molar-refractivity contribution in [3.63, 3.8) is 0 Å². The number of carboxylic acid groups (broad SMARTS) is 1. The van der Waals surface area contributed by atoms with Gasteiger partial charge in [0, 0.05) is 6.54 Å². The van der Waals surface area contributed by atoms with E-state index >= 15 is 0 Å². The van der Waals surface area contributed by atoms with Crippen molar-refractivity contribution in [3.05, 3.63) is 12.7 Å². The van der Waals surface area contributed by atoms with E-state index < -0.39 is 30.1 Å². The molecule has 1 heterocycles. The lowest BCUT2D eigenvalue weighted by molar-refractivity contribution is -0.142. The molecular weight excluding hydrogens is 288 g/mol. The number of carbonyl (C=O) groups excluding carboxylic acids is 2. The van der Waals surface area contributed by atoms with Gasteiger partial charge in [-0.05, 0) is 25.2 Å². The minimum atomic E-state index is -1.07. The monoisotopic (exact) mass is 312 g/mol. The van der Waals surface area contributed by atoms with Crippen LogP contribution in [0.2, 0.25) is 0 Å². The van der Waals surface area contributed by atoms with Crippen LogP contribution in [-0.2, 0) is 14.3 Å². The second-order valence-corrected chi connectivity index (χ2v) is 5.75. The standard InChI is InChI=1S/C15H24N2O5/c1-4-8-22-15(21)17-7-5-6-12(17)13(18)16-11(14(19)20)9-10(2)3/h4,10-12H,1,5-9H2,2-3H3,(H,16,18)(H,19,20)/t11?,12-/m0/s1. The Morgan fingerprint density at radius 1 is 1.45 bits per heavy atom. The van der Waals surface area contributed by atoms with E-state index in [1.807, 2.05) is 13.8 Å². The zero-order chi connectivity index (χ0) is 16.7. The smallest absolute Gasteiger partial charge is 0.410 e. The summed E-state index contributed by atoms with van der Waals surface area (Å²) in [5, 5.41) is 11.7. The molecule has 1 unspecified atom stereocenters. The molecule has 0 saturated carbocycles. The van der Waals surface area contributed by atoms with E-state index in [1.54, 1.807) is 0 Å². The fourth-order valence-corrected chi connectivity index (χ4v) is 2.43. The lowest BCUT2D eigenvalue weighted by Gasteiger charge is -2.25. The van der Waals surface area contributed by atoms with Crippen LogP contribution in [0.5, 0.6) is 0 Å². The van der Waals surface area contributed by atoms with Crippen LogP contribution in [0.1, 0.15) is 33.1 Å². The van der Waals surface area contributed by atoms with E-state index in [-0.39, 0.29) is 12.5 Å². The van der Waals surface area contributed by atoms with Crippen LogP contribution in [0.15, 0.2) is 12.7 Å². The molecule has 0 bridgehead atoms. The van der Waals surface area contributed by atoms with E-state index in [4.69, 9.17) is 4.74 Å². The number of carboxylic acids is 1. The SMILES string of the molecule is C=CCOC(=O)N1CCC[C@H]1C(=O)NC(CC(C)C)C(=O)O. The van der Waals surface area contributed by atoms with Gasteiger partial charge in [0.15, 0.2) is 0 Å². The number of nitrogens with one attached hydrogen (secondary N) is 1. The van der Waals surface area contributed by atoms with Crippen LogP contribution < -0.4 is 5.32 Å². The second-order valence-electron chi connectivity index (χ2n) is 5.75. The van der Waals surface area contributed by atoms with Crippen LogP contribution >= 0.6 is 0 Å². The molecule has 2 N–H and O–H groups in total. The number of rotatable bonds is 7. The second kappa shape index (κ2) is 8.41. The number of aliphatic carboxylic acids is 1. The maximum atomic E-state index is 12.3. The predicted octanol–water partition coefficient (Wildman–Crippen LogP) is 1.39. The number of hydrogen-bond donors (Lipinski definition) is 2. The van der Waals surface area contributed by atoms with E-state index in [0.29, 0.717) is 25.8 Å². The largest absolute Gasteiger partial charge is 0.480 e. The summed E-state index contributed by atoms with van der Waals surface area (Å²) in [6.07, 6.45) is 2.40. The molecular formula is C15H24N2O5. The van der Waals surface area contributed by atoms with E-state index in [9.17, 15) is 19.5 Å². The molecule has 124 valence electrons. The molecule has 1 aliphatic heterocycles. The highest BCUT2D eigenvalue weighted by atomic mass is 16.6. The van der Waals surface area contributed by atoms with Crippen molar-refractivity contribution in [3.8, 4) is 0 Å². The highest BCUT2D eigenvalue weighted by molar-refractivity contribution is 5.89. The summed E-state index contributed by atoms with van der Waals surface area (Å²) < 4.78 is 4.95. The third-order valence-electron chi connectivity index (χ3n) is 3.44. The minimum absolute atomic E-state index is 0.0781. The van der Waals surface area contributed by atoms with Gasteiger partial charge in [0.1, 0.15) is 18.7 Å². The van der Waals surface area contributed by atoms with Crippen LogP contribution in [0, 0.1) is 5.92 Å². The summed E-state index contributed by atoms with van der Waals surface area (Å²) in [6.45, 7) is 7.74. The zero-order valence-electron chi connectivity index (χ0n) is 13.1. The van der Waals surface area contributed by atoms with Gasteiger partial charge in [-0.2, -0.15) is 0 Å². The van der Waals surface area contributed by atoms with Gasteiger partial charge < -0.3 is 15.2 Å². The van der Waals surface area contributed by atoms with Crippen molar-refractivity contribution >= 4 is 18.0 Å². The Labute approximate surface area is 130 Å². The first kappa shape index (κ1) is 18.0. The zero-order valence-corrected chi connectivity index (χ0v) is 13.1. The Morgan fingerprint density at radius 3 is 2.68 bits per heavy atom. The predicted molar refractivity (Wildman–Crippen MR) is 80.3 cm³/mol. The molecule has 0 aromatic heterocycles. The van der Waals surface area contributed by atoms with Crippen molar-refractivity contribution in [2.75, 3.05) is 13.2 Å². The third-order valence-corrected chi connectivity index (χ3v) is 3.44. The average molecular weight is 312 g/mol. The van der Waals surface area contributed by atoms with Gasteiger partial charge in [0.05, 0.1) is 0 Å². The average Bonchev–Trinajstić information content (AvgIpc) is 2.92. The quantitative estimate of drug-likeness (QED) is 0.693. The normalized spacial score (nSPS) is 18.9. The third kappa shape index (κ3) is 5.05. The van der Waals surface area contributed by atoms with Gasteiger partial charge in [-0.3, -0.25) is 9.69 Å². The van der Waals surface area contributed by atoms with Crippen molar-refractivity contribution in [2.45, 2.75) is 45.2 Å². The topological polar surface area (TPSA) is 95.9 Å². The molecule has 1 rings (SSSR count). The molecule has 0 spiro atoms. The van der Waals surface area contributed by atoms with Crippen molar-refractivity contribution < 1.29 is 24.2 Å². The molecule has 0 radical (unpaired) electrons. The molecule has 0 aromatic rings. The maximum absolute atomic E-state index is 12.3. The lowest BCUT2D eigenvalue weighted by Crippen LogP contribution is -2.51. The molecule has 0 aromatic carbocycles.